The number of fused-ring (bicyclic) bond motifs is 1. The lowest BCUT2D eigenvalue weighted by Gasteiger charge is -2.30. The number of carbonyl (C=O) groups is 1. The van der Waals surface area contributed by atoms with Gasteiger partial charge in [-0.2, -0.15) is 10.2 Å². The summed E-state index contributed by atoms with van der Waals surface area (Å²) in [6.45, 7) is 9.26. The first-order valence-electron chi connectivity index (χ1n) is 7.97. The molecule has 7 nitrogen and oxygen atoms in total. The van der Waals surface area contributed by atoms with Gasteiger partial charge in [-0.25, -0.2) is 0 Å². The van der Waals surface area contributed by atoms with Crippen LogP contribution < -0.4 is 5.73 Å². The van der Waals surface area contributed by atoms with E-state index >= 15 is 0 Å². The van der Waals surface area contributed by atoms with Crippen LogP contribution in [-0.4, -0.2) is 36.9 Å². The summed E-state index contributed by atoms with van der Waals surface area (Å²) in [6.07, 6.45) is 1.98. The Kier molecular flexibility index (Phi) is 3.97. The van der Waals surface area contributed by atoms with Gasteiger partial charge >= 0.3 is 0 Å². The first-order valence-corrected chi connectivity index (χ1v) is 7.97. The van der Waals surface area contributed by atoms with E-state index in [9.17, 15) is 4.79 Å². The number of aromatic nitrogens is 4. The number of hydrogen-bond donors (Lipinski definition) is 1. The largest absolute Gasteiger partial charge is 0.369 e. The van der Waals surface area contributed by atoms with Crippen LogP contribution >= 0.6 is 0 Å². The van der Waals surface area contributed by atoms with Gasteiger partial charge < -0.3 is 5.73 Å². The molecule has 7 heteroatoms. The highest BCUT2D eigenvalue weighted by Gasteiger charge is 2.32. The lowest BCUT2D eigenvalue weighted by Crippen LogP contribution is -2.39. The summed E-state index contributed by atoms with van der Waals surface area (Å²) >= 11 is 0. The van der Waals surface area contributed by atoms with E-state index in [-0.39, 0.29) is 11.8 Å². The smallest absolute Gasteiger partial charge is 0.227 e. The van der Waals surface area contributed by atoms with Crippen LogP contribution in [0.25, 0.3) is 0 Å². The van der Waals surface area contributed by atoms with Gasteiger partial charge in [0.1, 0.15) is 0 Å². The van der Waals surface area contributed by atoms with Gasteiger partial charge in [0.05, 0.1) is 17.3 Å². The van der Waals surface area contributed by atoms with Crippen LogP contribution in [0.3, 0.4) is 0 Å². The Morgan fingerprint density at radius 2 is 2.13 bits per heavy atom. The number of primary amides is 1. The fourth-order valence-corrected chi connectivity index (χ4v) is 3.46. The van der Waals surface area contributed by atoms with Crippen LogP contribution in [0.1, 0.15) is 41.1 Å². The van der Waals surface area contributed by atoms with Crippen LogP contribution in [0, 0.1) is 13.8 Å². The fourth-order valence-electron chi connectivity index (χ4n) is 3.46. The molecule has 1 unspecified atom stereocenters. The Morgan fingerprint density at radius 1 is 1.39 bits per heavy atom. The molecule has 0 saturated carbocycles. The van der Waals surface area contributed by atoms with Crippen LogP contribution in [-0.2, 0) is 31.5 Å². The third-order valence-corrected chi connectivity index (χ3v) is 4.66. The number of nitrogens with two attached hydrogens (primary N) is 1. The molecule has 2 aromatic heterocycles. The van der Waals surface area contributed by atoms with E-state index in [2.05, 4.69) is 28.9 Å². The van der Waals surface area contributed by atoms with Gasteiger partial charge in [-0.05, 0) is 20.8 Å². The minimum Gasteiger partial charge on any atom is -0.369 e. The number of amides is 1. The van der Waals surface area contributed by atoms with Crippen molar-refractivity contribution in [3.05, 3.63) is 34.4 Å². The molecule has 0 fully saturated rings. The molecule has 2 N–H and O–H groups in total. The van der Waals surface area contributed by atoms with Crippen molar-refractivity contribution >= 4 is 5.91 Å². The first kappa shape index (κ1) is 15.7. The molecule has 0 aromatic carbocycles. The summed E-state index contributed by atoms with van der Waals surface area (Å²) in [7, 11) is 1.88. The lowest BCUT2D eigenvalue weighted by molar-refractivity contribution is -0.120. The molecule has 0 spiro atoms. The third kappa shape index (κ3) is 2.76. The summed E-state index contributed by atoms with van der Waals surface area (Å²) < 4.78 is 3.78. The maximum absolute atomic E-state index is 11.8. The molecule has 124 valence electrons. The van der Waals surface area contributed by atoms with Gasteiger partial charge in [-0.3, -0.25) is 19.1 Å². The van der Waals surface area contributed by atoms with Crippen molar-refractivity contribution in [2.75, 3.05) is 6.54 Å². The fraction of sp³-hybridized carbons (Fsp3) is 0.562. The second-order valence-electron chi connectivity index (χ2n) is 6.30. The van der Waals surface area contributed by atoms with E-state index in [0.717, 1.165) is 36.6 Å². The lowest BCUT2D eigenvalue weighted by atomic mass is 9.95. The number of aryl methyl sites for hydroxylation is 3. The minimum atomic E-state index is -0.346. The number of nitrogens with zero attached hydrogens (tertiary/aromatic N) is 5. The van der Waals surface area contributed by atoms with Crippen molar-refractivity contribution in [2.24, 2.45) is 12.8 Å². The predicted octanol–water partition coefficient (Wildman–Crippen LogP) is 0.838. The molecule has 1 aliphatic heterocycles. The quantitative estimate of drug-likeness (QED) is 0.906. The molecule has 0 radical (unpaired) electrons. The summed E-state index contributed by atoms with van der Waals surface area (Å²) in [5.74, 6) is -0.658. The predicted molar refractivity (Wildman–Crippen MR) is 86.6 cm³/mol. The zero-order valence-electron chi connectivity index (χ0n) is 14.2. The van der Waals surface area contributed by atoms with Crippen molar-refractivity contribution < 1.29 is 4.79 Å². The standard InChI is InChI=1S/C16H24N6O/c1-5-22-11(3)13(10(2)18-22)8-21-7-12-6-20(4)19-15(12)14(9-21)16(17)23/h6,14H,5,7-9H2,1-4H3,(H2,17,23). The molecule has 3 heterocycles. The number of hydrogen-bond acceptors (Lipinski definition) is 4. The summed E-state index contributed by atoms with van der Waals surface area (Å²) in [4.78, 5) is 14.1. The Balaban J connectivity index is 1.88. The minimum absolute atomic E-state index is 0.313. The van der Waals surface area contributed by atoms with Gasteiger partial charge in [0.25, 0.3) is 0 Å². The number of rotatable bonds is 4. The third-order valence-electron chi connectivity index (χ3n) is 4.66. The molecule has 0 aliphatic carbocycles. The van der Waals surface area contributed by atoms with E-state index in [1.54, 1.807) is 4.68 Å². The molecule has 1 amide bonds. The SMILES string of the molecule is CCn1nc(C)c(CN2Cc3cn(C)nc3C(C(N)=O)C2)c1C. The van der Waals surface area contributed by atoms with Crippen LogP contribution in [0.4, 0.5) is 0 Å². The van der Waals surface area contributed by atoms with Crippen LogP contribution in [0.5, 0.6) is 0 Å². The van der Waals surface area contributed by atoms with Crippen molar-refractivity contribution in [3.8, 4) is 0 Å². The van der Waals surface area contributed by atoms with Crippen LogP contribution in [0.2, 0.25) is 0 Å². The van der Waals surface area contributed by atoms with Gasteiger partial charge in [0, 0.05) is 56.2 Å². The van der Waals surface area contributed by atoms with Gasteiger partial charge in [-0.1, -0.05) is 0 Å². The zero-order valence-corrected chi connectivity index (χ0v) is 14.2. The zero-order chi connectivity index (χ0) is 16.7. The average molecular weight is 316 g/mol. The monoisotopic (exact) mass is 316 g/mol. The molecule has 23 heavy (non-hydrogen) atoms. The molecular formula is C16H24N6O. The van der Waals surface area contributed by atoms with E-state index < -0.39 is 0 Å². The molecule has 2 aromatic rings. The highest BCUT2D eigenvalue weighted by molar-refractivity contribution is 5.82. The summed E-state index contributed by atoms with van der Waals surface area (Å²) in [5, 5.41) is 9.00. The summed E-state index contributed by atoms with van der Waals surface area (Å²) in [5.41, 5.74) is 11.0. The van der Waals surface area contributed by atoms with Crippen molar-refractivity contribution in [2.45, 2.75) is 46.3 Å². The maximum Gasteiger partial charge on any atom is 0.227 e. The van der Waals surface area contributed by atoms with Gasteiger partial charge in [0.15, 0.2) is 0 Å². The Labute approximate surface area is 136 Å². The molecule has 1 atom stereocenters. The van der Waals surface area contributed by atoms with E-state index in [0.29, 0.717) is 6.54 Å². The molecule has 3 rings (SSSR count). The summed E-state index contributed by atoms with van der Waals surface area (Å²) in [6, 6.07) is 0. The normalized spacial score (nSPS) is 18.2. The second kappa shape index (κ2) is 5.81. The number of carbonyl (C=O) groups excluding carboxylic acids is 1. The van der Waals surface area contributed by atoms with E-state index in [1.807, 2.05) is 24.9 Å². The van der Waals surface area contributed by atoms with Crippen molar-refractivity contribution in [1.82, 2.24) is 24.5 Å². The van der Waals surface area contributed by atoms with Crippen molar-refractivity contribution in [1.29, 1.82) is 0 Å². The van der Waals surface area contributed by atoms with Gasteiger partial charge in [-0.15, -0.1) is 0 Å². The molecule has 1 aliphatic rings. The van der Waals surface area contributed by atoms with Crippen molar-refractivity contribution in [3.63, 3.8) is 0 Å². The molecular weight excluding hydrogens is 292 g/mol. The average Bonchev–Trinajstić information content (AvgIpc) is 2.99. The van der Waals surface area contributed by atoms with Gasteiger partial charge in [0.2, 0.25) is 5.91 Å². The highest BCUT2D eigenvalue weighted by Crippen LogP contribution is 2.28. The Hall–Kier alpha value is -2.15. The second-order valence-corrected chi connectivity index (χ2v) is 6.30. The Morgan fingerprint density at radius 3 is 2.74 bits per heavy atom. The van der Waals surface area contributed by atoms with E-state index in [4.69, 9.17) is 5.73 Å². The topological polar surface area (TPSA) is 82.0 Å². The maximum atomic E-state index is 11.8. The first-order chi connectivity index (χ1) is 10.9. The Bertz CT molecular complexity index is 744. The molecule has 0 bridgehead atoms. The van der Waals surface area contributed by atoms with Crippen LogP contribution in [0.15, 0.2) is 6.20 Å². The van der Waals surface area contributed by atoms with E-state index in [1.165, 1.54) is 11.3 Å². The molecule has 0 saturated heterocycles. The highest BCUT2D eigenvalue weighted by atomic mass is 16.1.